The van der Waals surface area contributed by atoms with Gasteiger partial charge in [-0.15, -0.1) is 11.3 Å². The first-order valence-electron chi connectivity index (χ1n) is 7.59. The second kappa shape index (κ2) is 7.06. The van der Waals surface area contributed by atoms with E-state index in [9.17, 15) is 9.59 Å². The van der Waals surface area contributed by atoms with Crippen LogP contribution >= 0.6 is 11.3 Å². The summed E-state index contributed by atoms with van der Waals surface area (Å²) >= 11 is 1.64. The number of benzene rings is 1. The number of carbonyl (C=O) groups is 2. The molecule has 6 nitrogen and oxygen atoms in total. The lowest BCUT2D eigenvalue weighted by Crippen LogP contribution is -2.52. The van der Waals surface area contributed by atoms with Crippen molar-refractivity contribution >= 4 is 33.4 Å². The van der Waals surface area contributed by atoms with Gasteiger partial charge in [0.2, 0.25) is 5.91 Å². The topological polar surface area (TPSA) is 79.7 Å². The minimum absolute atomic E-state index is 0.0684. The van der Waals surface area contributed by atoms with E-state index in [1.165, 1.54) is 4.90 Å². The first-order valence-corrected chi connectivity index (χ1v) is 8.41. The number of thiazole rings is 1. The van der Waals surface area contributed by atoms with Crippen LogP contribution in [0.5, 0.6) is 0 Å². The van der Waals surface area contributed by atoms with Crippen molar-refractivity contribution in [3.05, 3.63) is 29.3 Å². The standard InChI is InChI=1S/C16H18N2O4S/c19-15(18-8-9-22-10-12(18)16(20)21)7-3-6-14-17-11-4-1-2-5-13(11)23-14/h1-2,4-5,12H,3,6-10H2,(H,20,21). The third kappa shape index (κ3) is 3.68. The third-order valence-electron chi connectivity index (χ3n) is 3.85. The number of morpholine rings is 1. The molecule has 7 heteroatoms. The van der Waals surface area contributed by atoms with Crippen LogP contribution in [0.2, 0.25) is 0 Å². The first kappa shape index (κ1) is 15.9. The Balaban J connectivity index is 1.55. The van der Waals surface area contributed by atoms with Gasteiger partial charge in [-0.1, -0.05) is 12.1 Å². The normalized spacial score (nSPS) is 18.3. The average Bonchev–Trinajstić information content (AvgIpc) is 2.97. The molecule has 1 N–H and O–H groups in total. The number of nitrogens with zero attached hydrogens (tertiary/aromatic N) is 2. The zero-order valence-corrected chi connectivity index (χ0v) is 13.4. The van der Waals surface area contributed by atoms with E-state index in [1.54, 1.807) is 11.3 Å². The molecule has 3 rings (SSSR count). The number of aromatic nitrogens is 1. The van der Waals surface area contributed by atoms with Crippen LogP contribution in [-0.4, -0.2) is 52.7 Å². The molecule has 1 fully saturated rings. The smallest absolute Gasteiger partial charge is 0.328 e. The Bertz CT molecular complexity index is 682. The van der Waals surface area contributed by atoms with Crippen molar-refractivity contribution in [1.29, 1.82) is 0 Å². The molecule has 122 valence electrons. The molecule has 0 spiro atoms. The molecule has 2 aromatic rings. The molecule has 1 aromatic heterocycles. The van der Waals surface area contributed by atoms with Gasteiger partial charge in [0, 0.05) is 13.0 Å². The zero-order valence-electron chi connectivity index (χ0n) is 12.6. The minimum atomic E-state index is -1.01. The summed E-state index contributed by atoms with van der Waals surface area (Å²) in [7, 11) is 0. The lowest BCUT2D eigenvalue weighted by Gasteiger charge is -2.32. The van der Waals surface area contributed by atoms with Crippen LogP contribution in [0.15, 0.2) is 24.3 Å². The Morgan fingerprint density at radius 1 is 1.39 bits per heavy atom. The summed E-state index contributed by atoms with van der Waals surface area (Å²) in [4.78, 5) is 29.4. The molecule has 0 radical (unpaired) electrons. The highest BCUT2D eigenvalue weighted by Crippen LogP contribution is 2.23. The number of aliphatic carboxylic acids is 1. The molecule has 2 heterocycles. The summed E-state index contributed by atoms with van der Waals surface area (Å²) in [6.07, 6.45) is 1.73. The van der Waals surface area contributed by atoms with Gasteiger partial charge in [0.25, 0.3) is 0 Å². The van der Waals surface area contributed by atoms with Crippen molar-refractivity contribution < 1.29 is 19.4 Å². The molecule has 1 unspecified atom stereocenters. The van der Waals surface area contributed by atoms with Gasteiger partial charge in [0.05, 0.1) is 28.4 Å². The fraction of sp³-hybridized carbons (Fsp3) is 0.438. The third-order valence-corrected chi connectivity index (χ3v) is 4.95. The van der Waals surface area contributed by atoms with Gasteiger partial charge in [-0.25, -0.2) is 9.78 Å². The molecule has 1 atom stereocenters. The number of ether oxygens (including phenoxy) is 1. The highest BCUT2D eigenvalue weighted by molar-refractivity contribution is 7.18. The van der Waals surface area contributed by atoms with Crippen LogP contribution in [0.4, 0.5) is 0 Å². The Morgan fingerprint density at radius 2 is 2.22 bits per heavy atom. The van der Waals surface area contributed by atoms with Crippen molar-refractivity contribution in [3.8, 4) is 0 Å². The molecule has 0 aliphatic carbocycles. The molecule has 1 saturated heterocycles. The highest BCUT2D eigenvalue weighted by atomic mass is 32.1. The lowest BCUT2D eigenvalue weighted by molar-refractivity contribution is -0.158. The van der Waals surface area contributed by atoms with E-state index >= 15 is 0 Å². The Labute approximate surface area is 137 Å². The SMILES string of the molecule is O=C(O)C1COCCN1C(=O)CCCc1nc2ccccc2s1. The van der Waals surface area contributed by atoms with Crippen molar-refractivity contribution in [2.24, 2.45) is 0 Å². The van der Waals surface area contributed by atoms with Crippen molar-refractivity contribution in [1.82, 2.24) is 9.88 Å². The van der Waals surface area contributed by atoms with E-state index in [1.807, 2.05) is 24.3 Å². The van der Waals surface area contributed by atoms with Crippen molar-refractivity contribution in [3.63, 3.8) is 0 Å². The molecular weight excluding hydrogens is 316 g/mol. The Kier molecular flexibility index (Phi) is 4.88. The Hall–Kier alpha value is -1.99. The van der Waals surface area contributed by atoms with Crippen LogP contribution in [-0.2, 0) is 20.7 Å². The maximum atomic E-state index is 12.3. The van der Waals surface area contributed by atoms with Gasteiger partial charge in [-0.05, 0) is 25.0 Å². The second-order valence-electron chi connectivity index (χ2n) is 5.44. The summed E-state index contributed by atoms with van der Waals surface area (Å²) in [6, 6.07) is 7.09. The van der Waals surface area contributed by atoms with Gasteiger partial charge in [0.15, 0.2) is 6.04 Å². The summed E-state index contributed by atoms with van der Waals surface area (Å²) in [5.74, 6) is -1.13. The first-order chi connectivity index (χ1) is 11.1. The van der Waals surface area contributed by atoms with Crippen molar-refractivity contribution in [2.75, 3.05) is 19.8 Å². The number of rotatable bonds is 5. The number of carboxylic acid groups (broad SMARTS) is 1. The zero-order chi connectivity index (χ0) is 16.2. The van der Waals surface area contributed by atoms with Crippen LogP contribution < -0.4 is 0 Å². The largest absolute Gasteiger partial charge is 0.480 e. The molecule has 1 aromatic carbocycles. The van der Waals surface area contributed by atoms with Crippen LogP contribution in [0.25, 0.3) is 10.2 Å². The molecule has 0 saturated carbocycles. The maximum absolute atomic E-state index is 12.3. The highest BCUT2D eigenvalue weighted by Gasteiger charge is 2.32. The van der Waals surface area contributed by atoms with Crippen LogP contribution in [0.3, 0.4) is 0 Å². The fourth-order valence-corrected chi connectivity index (χ4v) is 3.68. The summed E-state index contributed by atoms with van der Waals surface area (Å²) in [6.45, 7) is 0.809. The predicted octanol–water partition coefficient (Wildman–Crippen LogP) is 1.93. The lowest BCUT2D eigenvalue weighted by atomic mass is 10.1. The van der Waals surface area contributed by atoms with E-state index in [-0.39, 0.29) is 12.5 Å². The van der Waals surface area contributed by atoms with Gasteiger partial charge >= 0.3 is 5.97 Å². The monoisotopic (exact) mass is 334 g/mol. The fourth-order valence-electron chi connectivity index (χ4n) is 2.67. The van der Waals surface area contributed by atoms with Gasteiger partial charge in [0.1, 0.15) is 0 Å². The Morgan fingerprint density at radius 3 is 3.00 bits per heavy atom. The number of aryl methyl sites for hydroxylation is 1. The quantitative estimate of drug-likeness (QED) is 0.904. The second-order valence-corrected chi connectivity index (χ2v) is 6.56. The number of hydrogen-bond donors (Lipinski definition) is 1. The molecular formula is C16H18N2O4S. The number of hydrogen-bond acceptors (Lipinski definition) is 5. The van der Waals surface area contributed by atoms with E-state index < -0.39 is 12.0 Å². The van der Waals surface area contributed by atoms with Crippen LogP contribution in [0.1, 0.15) is 17.8 Å². The van der Waals surface area contributed by atoms with Gasteiger partial charge < -0.3 is 14.7 Å². The summed E-state index contributed by atoms with van der Waals surface area (Å²) in [5, 5.41) is 10.2. The van der Waals surface area contributed by atoms with Crippen molar-refractivity contribution in [2.45, 2.75) is 25.3 Å². The molecule has 0 bridgehead atoms. The number of carbonyl (C=O) groups excluding carboxylic acids is 1. The number of amides is 1. The molecule has 1 aliphatic rings. The number of para-hydroxylation sites is 1. The predicted molar refractivity (Wildman–Crippen MR) is 86.5 cm³/mol. The van der Waals surface area contributed by atoms with E-state index in [4.69, 9.17) is 9.84 Å². The maximum Gasteiger partial charge on any atom is 0.328 e. The van der Waals surface area contributed by atoms with E-state index in [0.29, 0.717) is 26.0 Å². The summed E-state index contributed by atoms with van der Waals surface area (Å²) in [5.41, 5.74) is 0.984. The van der Waals surface area contributed by atoms with Gasteiger partial charge in [-0.3, -0.25) is 4.79 Å². The number of fused-ring (bicyclic) bond motifs is 1. The van der Waals surface area contributed by atoms with Crippen LogP contribution in [0, 0.1) is 0 Å². The molecule has 1 amide bonds. The van der Waals surface area contributed by atoms with Gasteiger partial charge in [-0.2, -0.15) is 0 Å². The summed E-state index contributed by atoms with van der Waals surface area (Å²) < 4.78 is 6.29. The molecule has 1 aliphatic heterocycles. The van der Waals surface area contributed by atoms with E-state index in [0.717, 1.165) is 21.6 Å². The number of carboxylic acids is 1. The molecule has 23 heavy (non-hydrogen) atoms. The van der Waals surface area contributed by atoms with E-state index in [2.05, 4.69) is 4.98 Å². The minimum Gasteiger partial charge on any atom is -0.480 e. The average molecular weight is 334 g/mol.